The highest BCUT2D eigenvalue weighted by Gasteiger charge is 2.18. The Morgan fingerprint density at radius 2 is 1.10 bits per heavy atom. The first-order valence-electron chi connectivity index (χ1n) is 5.61. The fourth-order valence-electron chi connectivity index (χ4n) is 1.94. The molecule has 0 spiro atoms. The van der Waals surface area contributed by atoms with Crippen LogP contribution in [0, 0.1) is 7.14 Å². The Labute approximate surface area is 154 Å². The molecule has 0 radical (unpaired) electrons. The van der Waals surface area contributed by atoms with E-state index in [1.54, 1.807) is 47.8 Å². The monoisotopic (exact) mass is 530 g/mol. The van der Waals surface area contributed by atoms with Gasteiger partial charge >= 0.3 is 0 Å². The van der Waals surface area contributed by atoms with Crippen LogP contribution < -0.4 is 0 Å². The van der Waals surface area contributed by atoms with E-state index in [4.69, 9.17) is 0 Å². The molecule has 0 saturated carbocycles. The standard InChI is InChI=1S/C14H12I2O2S2/c1-19-11-5-7(17)3-9(15)13(11)14-10(16)4-8(18)6-12(14)20-2/h3-6,17-18H,1-2H3. The molecule has 2 N–H and O–H groups in total. The van der Waals surface area contributed by atoms with Gasteiger partial charge in [-0.2, -0.15) is 0 Å². The van der Waals surface area contributed by atoms with E-state index >= 15 is 0 Å². The van der Waals surface area contributed by atoms with Crippen molar-refractivity contribution in [3.63, 3.8) is 0 Å². The van der Waals surface area contributed by atoms with Crippen LogP contribution in [0.15, 0.2) is 34.1 Å². The van der Waals surface area contributed by atoms with E-state index in [0.29, 0.717) is 0 Å². The van der Waals surface area contributed by atoms with Gasteiger partial charge < -0.3 is 10.2 Å². The third kappa shape index (κ3) is 3.33. The van der Waals surface area contributed by atoms with E-state index in [1.165, 1.54) is 0 Å². The van der Waals surface area contributed by atoms with Crippen LogP contribution in [0.1, 0.15) is 0 Å². The molecule has 0 atom stereocenters. The second kappa shape index (κ2) is 6.97. The number of phenolic OH excluding ortho intramolecular Hbond substituents is 2. The van der Waals surface area contributed by atoms with Crippen molar-refractivity contribution in [2.24, 2.45) is 0 Å². The summed E-state index contributed by atoms with van der Waals surface area (Å²) in [6.45, 7) is 0. The molecule has 0 heterocycles. The minimum absolute atomic E-state index is 0.280. The lowest BCUT2D eigenvalue weighted by molar-refractivity contribution is 0.472. The molecule has 0 amide bonds. The van der Waals surface area contributed by atoms with Gasteiger partial charge in [0.25, 0.3) is 0 Å². The molecule has 0 bridgehead atoms. The van der Waals surface area contributed by atoms with Crippen LogP contribution in [0.2, 0.25) is 0 Å². The summed E-state index contributed by atoms with van der Waals surface area (Å²) in [5.74, 6) is 0.559. The predicted molar refractivity (Wildman–Crippen MR) is 104 cm³/mol. The third-order valence-corrected chi connectivity index (χ3v) is 5.99. The van der Waals surface area contributed by atoms with Gasteiger partial charge in [-0.15, -0.1) is 23.5 Å². The van der Waals surface area contributed by atoms with Crippen molar-refractivity contribution < 1.29 is 10.2 Å². The summed E-state index contributed by atoms with van der Waals surface area (Å²) < 4.78 is 2.01. The Bertz CT molecular complexity index is 603. The highest BCUT2D eigenvalue weighted by molar-refractivity contribution is 14.1. The van der Waals surface area contributed by atoms with Gasteiger partial charge in [-0.05, 0) is 82.0 Å². The first kappa shape index (κ1) is 16.6. The number of rotatable bonds is 3. The van der Waals surface area contributed by atoms with Gasteiger partial charge in [-0.1, -0.05) is 0 Å². The summed E-state index contributed by atoms with van der Waals surface area (Å²) in [5.41, 5.74) is 2.23. The zero-order chi connectivity index (χ0) is 14.9. The summed E-state index contributed by atoms with van der Waals surface area (Å²) in [5, 5.41) is 19.5. The van der Waals surface area contributed by atoms with Crippen molar-refractivity contribution >= 4 is 68.7 Å². The SMILES string of the molecule is CSc1cc(O)cc(I)c1-c1c(I)cc(O)cc1SC. The topological polar surface area (TPSA) is 40.5 Å². The molecule has 0 aliphatic carbocycles. The third-order valence-electron chi connectivity index (χ3n) is 2.77. The van der Waals surface area contributed by atoms with Crippen LogP contribution in [0.5, 0.6) is 11.5 Å². The maximum atomic E-state index is 9.77. The van der Waals surface area contributed by atoms with Crippen LogP contribution >= 0.6 is 68.7 Å². The molecule has 20 heavy (non-hydrogen) atoms. The Morgan fingerprint density at radius 1 is 0.750 bits per heavy atom. The predicted octanol–water partition coefficient (Wildman–Crippen LogP) is 5.42. The highest BCUT2D eigenvalue weighted by Crippen LogP contribution is 2.44. The Hall–Kier alpha value is 0.200. The minimum Gasteiger partial charge on any atom is -0.508 e. The normalized spacial score (nSPS) is 10.8. The molecule has 0 aliphatic rings. The minimum atomic E-state index is 0.280. The van der Waals surface area contributed by atoms with Crippen LogP contribution in [0.25, 0.3) is 11.1 Å². The average Bonchev–Trinajstić information content (AvgIpc) is 2.38. The van der Waals surface area contributed by atoms with E-state index in [0.717, 1.165) is 28.1 Å². The number of hydrogen-bond donors (Lipinski definition) is 2. The van der Waals surface area contributed by atoms with Crippen molar-refractivity contribution in [3.8, 4) is 22.6 Å². The van der Waals surface area contributed by atoms with Gasteiger partial charge in [0.1, 0.15) is 11.5 Å². The van der Waals surface area contributed by atoms with E-state index in [1.807, 2.05) is 12.5 Å². The van der Waals surface area contributed by atoms with E-state index in [9.17, 15) is 10.2 Å². The summed E-state index contributed by atoms with van der Waals surface area (Å²) in [6, 6.07) is 7.11. The van der Waals surface area contributed by atoms with Crippen molar-refractivity contribution in [1.29, 1.82) is 0 Å². The lowest BCUT2D eigenvalue weighted by atomic mass is 10.1. The lowest BCUT2D eigenvalue weighted by Gasteiger charge is -2.16. The maximum absolute atomic E-state index is 9.77. The number of benzene rings is 2. The Kier molecular flexibility index (Phi) is 5.78. The van der Waals surface area contributed by atoms with Crippen molar-refractivity contribution in [1.82, 2.24) is 0 Å². The molecule has 2 nitrogen and oxygen atoms in total. The molecule has 0 aromatic heterocycles. The van der Waals surface area contributed by atoms with Gasteiger partial charge in [0, 0.05) is 28.1 Å². The average molecular weight is 530 g/mol. The van der Waals surface area contributed by atoms with Crippen LogP contribution in [0.4, 0.5) is 0 Å². The molecule has 106 valence electrons. The van der Waals surface area contributed by atoms with Crippen LogP contribution in [0.3, 0.4) is 0 Å². The maximum Gasteiger partial charge on any atom is 0.117 e. The van der Waals surface area contributed by atoms with Crippen molar-refractivity contribution in [3.05, 3.63) is 31.4 Å². The molecular weight excluding hydrogens is 518 g/mol. The molecule has 6 heteroatoms. The first-order chi connectivity index (χ1) is 9.47. The number of aromatic hydroxyl groups is 2. The quantitative estimate of drug-likeness (QED) is 0.411. The van der Waals surface area contributed by atoms with E-state index < -0.39 is 0 Å². The second-order valence-electron chi connectivity index (χ2n) is 4.01. The molecule has 0 aliphatic heterocycles. The summed E-state index contributed by atoms with van der Waals surface area (Å²) in [7, 11) is 0. The van der Waals surface area contributed by atoms with Gasteiger partial charge in [-0.3, -0.25) is 0 Å². The van der Waals surface area contributed by atoms with Gasteiger partial charge in [0.05, 0.1) is 0 Å². The molecule has 0 saturated heterocycles. The van der Waals surface area contributed by atoms with Gasteiger partial charge in [-0.25, -0.2) is 0 Å². The molecule has 2 aromatic carbocycles. The Balaban J connectivity index is 2.81. The van der Waals surface area contributed by atoms with E-state index in [2.05, 4.69) is 45.2 Å². The zero-order valence-corrected chi connectivity index (χ0v) is 16.7. The molecule has 0 fully saturated rings. The molecule has 2 rings (SSSR count). The van der Waals surface area contributed by atoms with Gasteiger partial charge in [0.2, 0.25) is 0 Å². The second-order valence-corrected chi connectivity index (χ2v) is 8.03. The van der Waals surface area contributed by atoms with Gasteiger partial charge in [0.15, 0.2) is 0 Å². The number of hydrogen-bond acceptors (Lipinski definition) is 4. The number of halogens is 2. The van der Waals surface area contributed by atoms with Crippen molar-refractivity contribution in [2.45, 2.75) is 9.79 Å². The zero-order valence-electron chi connectivity index (χ0n) is 10.8. The highest BCUT2D eigenvalue weighted by atomic mass is 127. The summed E-state index contributed by atoms with van der Waals surface area (Å²) in [4.78, 5) is 2.07. The molecule has 2 aromatic rings. The molecular formula is C14H12I2O2S2. The largest absolute Gasteiger partial charge is 0.508 e. The Morgan fingerprint density at radius 3 is 1.40 bits per heavy atom. The van der Waals surface area contributed by atoms with Crippen LogP contribution in [-0.2, 0) is 0 Å². The fraction of sp³-hybridized carbons (Fsp3) is 0.143. The lowest BCUT2D eigenvalue weighted by Crippen LogP contribution is -1.93. The first-order valence-corrected chi connectivity index (χ1v) is 10.2. The number of thioether (sulfide) groups is 2. The van der Waals surface area contributed by atoms with E-state index in [-0.39, 0.29) is 11.5 Å². The fourth-order valence-corrected chi connectivity index (χ4v) is 5.38. The number of phenols is 2. The van der Waals surface area contributed by atoms with Crippen LogP contribution in [-0.4, -0.2) is 22.7 Å². The summed E-state index contributed by atoms with van der Waals surface area (Å²) >= 11 is 7.72. The smallest absolute Gasteiger partial charge is 0.117 e. The summed E-state index contributed by atoms with van der Waals surface area (Å²) in [6.07, 6.45) is 4.00. The molecule has 0 unspecified atom stereocenters. The van der Waals surface area contributed by atoms with Crippen molar-refractivity contribution in [2.75, 3.05) is 12.5 Å².